The molecule has 9 heteroatoms. The molecule has 1 fully saturated rings. The Kier molecular flexibility index (Phi) is 7.62. The van der Waals surface area contributed by atoms with Crippen molar-refractivity contribution in [2.24, 2.45) is 0 Å². The standard InChI is InChI=1S/C30H32N6O2S/c1-21-8-5-11-23-18-26(30(37)31-27(21)23)28(29-32-33-34-36(29)19-24-12-6-16-38-24)35(20-25-13-7-17-39-25)15-14-22-9-3-2-4-10-22/h2-5,7-11,13,17-18,24,28H,6,12,14-16,19-20H2,1H3,(H,31,37). The van der Waals surface area contributed by atoms with Crippen LogP contribution in [0, 0.1) is 6.92 Å². The lowest BCUT2D eigenvalue weighted by Gasteiger charge is -2.31. The van der Waals surface area contributed by atoms with Crippen molar-refractivity contribution in [1.82, 2.24) is 30.1 Å². The number of para-hydroxylation sites is 1. The van der Waals surface area contributed by atoms with Gasteiger partial charge in [0.2, 0.25) is 0 Å². The van der Waals surface area contributed by atoms with Crippen LogP contribution in [-0.2, 0) is 24.2 Å². The number of fused-ring (bicyclic) bond motifs is 1. The number of aromatic nitrogens is 5. The zero-order valence-electron chi connectivity index (χ0n) is 22.0. The molecule has 8 nitrogen and oxygen atoms in total. The summed E-state index contributed by atoms with van der Waals surface area (Å²) in [5.74, 6) is 0.660. The van der Waals surface area contributed by atoms with Crippen molar-refractivity contribution < 1.29 is 4.74 Å². The van der Waals surface area contributed by atoms with Gasteiger partial charge in [-0.25, -0.2) is 4.68 Å². The minimum absolute atomic E-state index is 0.0699. The van der Waals surface area contributed by atoms with Crippen LogP contribution in [0.1, 0.15) is 46.3 Å². The minimum atomic E-state index is -0.444. The van der Waals surface area contributed by atoms with Crippen molar-refractivity contribution in [3.63, 3.8) is 0 Å². The van der Waals surface area contributed by atoms with Gasteiger partial charge in [-0.15, -0.1) is 16.4 Å². The number of rotatable bonds is 10. The number of nitrogens with zero attached hydrogens (tertiary/aromatic N) is 5. The van der Waals surface area contributed by atoms with Crippen LogP contribution in [0.4, 0.5) is 0 Å². The van der Waals surface area contributed by atoms with Crippen molar-refractivity contribution in [2.75, 3.05) is 13.2 Å². The lowest BCUT2D eigenvalue weighted by molar-refractivity contribution is 0.0906. The third-order valence-corrected chi connectivity index (χ3v) is 8.31. The predicted octanol–water partition coefficient (Wildman–Crippen LogP) is 4.90. The molecule has 200 valence electrons. The second kappa shape index (κ2) is 11.6. The monoisotopic (exact) mass is 540 g/mol. The van der Waals surface area contributed by atoms with Crippen LogP contribution in [0.3, 0.4) is 0 Å². The first-order valence-electron chi connectivity index (χ1n) is 13.5. The molecule has 1 aliphatic heterocycles. The second-order valence-corrected chi connectivity index (χ2v) is 11.2. The highest BCUT2D eigenvalue weighted by atomic mass is 32.1. The molecule has 1 aliphatic rings. The maximum atomic E-state index is 13.8. The molecule has 0 saturated carbocycles. The average molecular weight is 541 g/mol. The zero-order valence-corrected chi connectivity index (χ0v) is 22.8. The van der Waals surface area contributed by atoms with Crippen molar-refractivity contribution in [3.05, 3.63) is 110 Å². The zero-order chi connectivity index (χ0) is 26.6. The quantitative estimate of drug-likeness (QED) is 0.271. The smallest absolute Gasteiger partial charge is 0.253 e. The number of hydrogen-bond acceptors (Lipinski definition) is 7. The van der Waals surface area contributed by atoms with Crippen LogP contribution in [0.15, 0.2) is 76.9 Å². The third kappa shape index (κ3) is 5.71. The first-order valence-corrected chi connectivity index (χ1v) is 14.3. The summed E-state index contributed by atoms with van der Waals surface area (Å²) in [4.78, 5) is 20.5. The summed E-state index contributed by atoms with van der Waals surface area (Å²) in [6, 6.07) is 22.3. The molecule has 5 aromatic rings. The Morgan fingerprint density at radius 3 is 2.85 bits per heavy atom. The van der Waals surface area contributed by atoms with E-state index in [2.05, 4.69) is 67.2 Å². The molecular weight excluding hydrogens is 508 g/mol. The van der Waals surface area contributed by atoms with Gasteiger partial charge >= 0.3 is 0 Å². The average Bonchev–Trinajstić information content (AvgIpc) is 3.74. The summed E-state index contributed by atoms with van der Waals surface area (Å²) in [5, 5.41) is 16.1. The van der Waals surface area contributed by atoms with Crippen LogP contribution in [0.5, 0.6) is 0 Å². The Morgan fingerprint density at radius 2 is 2.05 bits per heavy atom. The molecule has 0 spiro atoms. The molecule has 2 aromatic carbocycles. The van der Waals surface area contributed by atoms with Gasteiger partial charge < -0.3 is 9.72 Å². The Morgan fingerprint density at radius 1 is 1.15 bits per heavy atom. The number of H-pyrrole nitrogens is 1. The van der Waals surface area contributed by atoms with Gasteiger partial charge in [0.15, 0.2) is 5.82 Å². The van der Waals surface area contributed by atoms with E-state index in [1.54, 1.807) is 11.3 Å². The molecule has 6 rings (SSSR count). The topological polar surface area (TPSA) is 88.9 Å². The van der Waals surface area contributed by atoms with Gasteiger partial charge in [-0.3, -0.25) is 9.69 Å². The van der Waals surface area contributed by atoms with Crippen molar-refractivity contribution in [3.8, 4) is 0 Å². The summed E-state index contributed by atoms with van der Waals surface area (Å²) < 4.78 is 7.75. The molecule has 0 amide bonds. The lowest BCUT2D eigenvalue weighted by Crippen LogP contribution is -2.36. The molecule has 0 radical (unpaired) electrons. The molecule has 4 heterocycles. The number of pyridine rings is 1. The number of thiophene rings is 1. The van der Waals surface area contributed by atoms with E-state index in [0.717, 1.165) is 48.9 Å². The van der Waals surface area contributed by atoms with E-state index in [1.165, 1.54) is 10.4 Å². The SMILES string of the molecule is Cc1cccc2cc(C(c3nnnn3CC3CCCO3)N(CCc3ccccc3)Cc3cccs3)c(=O)[nH]c12. The van der Waals surface area contributed by atoms with Crippen molar-refractivity contribution in [1.29, 1.82) is 0 Å². The van der Waals surface area contributed by atoms with E-state index >= 15 is 0 Å². The van der Waals surface area contributed by atoms with E-state index in [1.807, 2.05) is 41.9 Å². The summed E-state index contributed by atoms with van der Waals surface area (Å²) in [7, 11) is 0. The van der Waals surface area contributed by atoms with E-state index in [0.29, 0.717) is 24.5 Å². The van der Waals surface area contributed by atoms with Crippen LogP contribution in [0.25, 0.3) is 10.9 Å². The normalized spacial score (nSPS) is 16.3. The Labute approximate surface area is 231 Å². The molecule has 2 unspecified atom stereocenters. The van der Waals surface area contributed by atoms with Crippen LogP contribution in [0.2, 0.25) is 0 Å². The highest BCUT2D eigenvalue weighted by Crippen LogP contribution is 2.30. The first kappa shape index (κ1) is 25.6. The highest BCUT2D eigenvalue weighted by Gasteiger charge is 2.32. The molecule has 2 atom stereocenters. The summed E-state index contributed by atoms with van der Waals surface area (Å²) in [6.45, 7) is 4.74. The molecule has 1 N–H and O–H groups in total. The maximum Gasteiger partial charge on any atom is 0.253 e. The second-order valence-electron chi connectivity index (χ2n) is 10.1. The fourth-order valence-electron chi connectivity index (χ4n) is 5.44. The van der Waals surface area contributed by atoms with E-state index in [-0.39, 0.29) is 11.7 Å². The predicted molar refractivity (Wildman–Crippen MR) is 153 cm³/mol. The molecule has 39 heavy (non-hydrogen) atoms. The van der Waals surface area contributed by atoms with Crippen LogP contribution in [-0.4, -0.2) is 49.3 Å². The minimum Gasteiger partial charge on any atom is -0.376 e. The van der Waals surface area contributed by atoms with Crippen molar-refractivity contribution in [2.45, 2.75) is 51.4 Å². The van der Waals surface area contributed by atoms with Gasteiger partial charge in [-0.1, -0.05) is 54.6 Å². The highest BCUT2D eigenvalue weighted by molar-refractivity contribution is 7.09. The van der Waals surface area contributed by atoms with E-state index < -0.39 is 6.04 Å². The third-order valence-electron chi connectivity index (χ3n) is 7.45. The summed E-state index contributed by atoms with van der Waals surface area (Å²) in [5.41, 5.74) is 3.66. The van der Waals surface area contributed by atoms with Crippen molar-refractivity contribution >= 4 is 22.2 Å². The molecule has 0 aliphatic carbocycles. The number of hydrogen-bond donors (Lipinski definition) is 1. The number of ether oxygens (including phenoxy) is 1. The van der Waals surface area contributed by atoms with Gasteiger partial charge in [0.25, 0.3) is 5.56 Å². The molecule has 0 bridgehead atoms. The number of nitrogens with one attached hydrogen (secondary N) is 1. The van der Waals surface area contributed by atoms with Crippen LogP contribution >= 0.6 is 11.3 Å². The van der Waals surface area contributed by atoms with Gasteiger partial charge in [-0.05, 0) is 70.6 Å². The van der Waals surface area contributed by atoms with Gasteiger partial charge in [-0.2, -0.15) is 0 Å². The van der Waals surface area contributed by atoms with E-state index in [9.17, 15) is 4.79 Å². The molecule has 1 saturated heterocycles. The summed E-state index contributed by atoms with van der Waals surface area (Å²) >= 11 is 1.72. The molecule has 3 aromatic heterocycles. The number of benzene rings is 2. The lowest BCUT2D eigenvalue weighted by atomic mass is 10.0. The van der Waals surface area contributed by atoms with Gasteiger partial charge in [0.05, 0.1) is 18.2 Å². The largest absolute Gasteiger partial charge is 0.376 e. The number of tetrazole rings is 1. The number of aryl methyl sites for hydroxylation is 1. The summed E-state index contributed by atoms with van der Waals surface area (Å²) in [6.07, 6.45) is 2.92. The Bertz CT molecular complexity index is 1570. The fraction of sp³-hybridized carbons (Fsp3) is 0.333. The first-order chi connectivity index (χ1) is 19.2. The van der Waals surface area contributed by atoms with E-state index in [4.69, 9.17) is 4.74 Å². The van der Waals surface area contributed by atoms with Gasteiger partial charge in [0.1, 0.15) is 6.04 Å². The fourth-order valence-corrected chi connectivity index (χ4v) is 6.17. The Balaban J connectivity index is 1.46. The Hall–Kier alpha value is -3.66. The number of aromatic amines is 1. The van der Waals surface area contributed by atoms with Gasteiger partial charge in [0, 0.05) is 30.1 Å². The van der Waals surface area contributed by atoms with Crippen LogP contribution < -0.4 is 5.56 Å². The molecular formula is C30H32N6O2S. The maximum absolute atomic E-state index is 13.8.